The minimum atomic E-state index is -0.427. The summed E-state index contributed by atoms with van der Waals surface area (Å²) in [5, 5.41) is 13.6. The molecule has 5 nitrogen and oxygen atoms in total. The van der Waals surface area contributed by atoms with Crippen molar-refractivity contribution < 1.29 is 9.90 Å². The summed E-state index contributed by atoms with van der Waals surface area (Å²) in [6.07, 6.45) is 3.09. The Bertz CT molecular complexity index is 788. The summed E-state index contributed by atoms with van der Waals surface area (Å²) < 4.78 is 0. The zero-order valence-corrected chi connectivity index (χ0v) is 11.2. The molecule has 0 radical (unpaired) electrons. The molecule has 0 unspecified atom stereocenters. The minimum Gasteiger partial charge on any atom is -0.504 e. The van der Waals surface area contributed by atoms with Crippen molar-refractivity contribution in [2.45, 2.75) is 6.54 Å². The van der Waals surface area contributed by atoms with Crippen LogP contribution in [0.3, 0.4) is 0 Å². The second-order valence-electron chi connectivity index (χ2n) is 4.56. The van der Waals surface area contributed by atoms with E-state index in [1.54, 1.807) is 18.3 Å². The van der Waals surface area contributed by atoms with Crippen molar-refractivity contribution in [2.75, 3.05) is 0 Å². The van der Waals surface area contributed by atoms with Gasteiger partial charge in [-0.05, 0) is 17.7 Å². The lowest BCUT2D eigenvalue weighted by Gasteiger charge is -2.07. The van der Waals surface area contributed by atoms with E-state index < -0.39 is 5.91 Å². The molecule has 0 aliphatic rings. The highest BCUT2D eigenvalue weighted by Gasteiger charge is 2.16. The van der Waals surface area contributed by atoms with E-state index in [1.807, 2.05) is 30.3 Å². The second kappa shape index (κ2) is 5.58. The molecule has 2 N–H and O–H groups in total. The monoisotopic (exact) mass is 279 g/mol. The Morgan fingerprint density at radius 2 is 1.90 bits per heavy atom. The molecule has 1 aromatic carbocycles. The van der Waals surface area contributed by atoms with Crippen LogP contribution < -0.4 is 5.32 Å². The molecule has 0 saturated carbocycles. The van der Waals surface area contributed by atoms with E-state index in [2.05, 4.69) is 15.3 Å². The first-order valence-electron chi connectivity index (χ1n) is 6.50. The Labute approximate surface area is 121 Å². The van der Waals surface area contributed by atoms with Gasteiger partial charge in [0.05, 0.1) is 0 Å². The maximum Gasteiger partial charge on any atom is 0.274 e. The van der Waals surface area contributed by atoms with Gasteiger partial charge in [0, 0.05) is 24.3 Å². The molecule has 0 fully saturated rings. The Balaban J connectivity index is 1.83. The van der Waals surface area contributed by atoms with Gasteiger partial charge < -0.3 is 10.4 Å². The Hall–Kier alpha value is -2.95. The van der Waals surface area contributed by atoms with Crippen LogP contribution in [0.1, 0.15) is 16.1 Å². The fraction of sp³-hybridized carbons (Fsp3) is 0.0625. The van der Waals surface area contributed by atoms with Crippen LogP contribution in [0.15, 0.2) is 54.9 Å². The van der Waals surface area contributed by atoms with Crippen LogP contribution >= 0.6 is 0 Å². The highest BCUT2D eigenvalue weighted by Crippen LogP contribution is 2.24. The van der Waals surface area contributed by atoms with Crippen LogP contribution in [0.4, 0.5) is 0 Å². The number of carbonyl (C=O) groups excluding carboxylic acids is 1. The van der Waals surface area contributed by atoms with Gasteiger partial charge in [0.15, 0.2) is 11.4 Å². The first-order valence-corrected chi connectivity index (χ1v) is 6.50. The minimum absolute atomic E-state index is 0.0165. The molecule has 0 aliphatic carbocycles. The average Bonchev–Trinajstić information content (AvgIpc) is 2.54. The summed E-state index contributed by atoms with van der Waals surface area (Å²) in [5.74, 6) is -0.623. The van der Waals surface area contributed by atoms with E-state index in [1.165, 1.54) is 6.20 Å². The van der Waals surface area contributed by atoms with E-state index in [9.17, 15) is 9.90 Å². The van der Waals surface area contributed by atoms with Gasteiger partial charge in [-0.1, -0.05) is 30.3 Å². The van der Waals surface area contributed by atoms with Gasteiger partial charge in [0.25, 0.3) is 5.91 Å². The summed E-state index contributed by atoms with van der Waals surface area (Å²) in [5.41, 5.74) is 1.33. The highest BCUT2D eigenvalue weighted by atomic mass is 16.3. The van der Waals surface area contributed by atoms with E-state index in [0.29, 0.717) is 17.4 Å². The number of hydrogen-bond donors (Lipinski definition) is 2. The lowest BCUT2D eigenvalue weighted by Crippen LogP contribution is -2.23. The average molecular weight is 279 g/mol. The van der Waals surface area contributed by atoms with Crippen molar-refractivity contribution in [3.8, 4) is 5.75 Å². The van der Waals surface area contributed by atoms with E-state index in [-0.39, 0.29) is 11.4 Å². The number of rotatable bonds is 3. The third-order valence-corrected chi connectivity index (χ3v) is 3.13. The number of benzene rings is 1. The predicted octanol–water partition coefficient (Wildman–Crippen LogP) is 2.27. The van der Waals surface area contributed by atoms with Crippen molar-refractivity contribution in [3.05, 3.63) is 66.1 Å². The molecule has 21 heavy (non-hydrogen) atoms. The summed E-state index contributed by atoms with van der Waals surface area (Å²) in [6.45, 7) is 0.376. The SMILES string of the molecule is O=C(NCc1ccccc1)c1ncc2cccnc2c1O. The smallest absolute Gasteiger partial charge is 0.274 e. The Morgan fingerprint density at radius 3 is 2.71 bits per heavy atom. The van der Waals surface area contributed by atoms with E-state index in [0.717, 1.165) is 5.56 Å². The number of fused-ring (bicyclic) bond motifs is 1. The normalized spacial score (nSPS) is 10.5. The summed E-state index contributed by atoms with van der Waals surface area (Å²) >= 11 is 0. The van der Waals surface area contributed by atoms with Gasteiger partial charge in [0.1, 0.15) is 5.52 Å². The molecule has 2 heterocycles. The summed E-state index contributed by atoms with van der Waals surface area (Å²) in [6, 6.07) is 13.1. The number of carbonyl (C=O) groups is 1. The number of hydrogen-bond acceptors (Lipinski definition) is 4. The zero-order chi connectivity index (χ0) is 14.7. The van der Waals surface area contributed by atoms with Gasteiger partial charge in [-0.25, -0.2) is 4.98 Å². The maximum atomic E-state index is 12.1. The number of nitrogens with one attached hydrogen (secondary N) is 1. The molecule has 3 rings (SSSR count). The molecular weight excluding hydrogens is 266 g/mol. The van der Waals surface area contributed by atoms with Crippen molar-refractivity contribution in [1.82, 2.24) is 15.3 Å². The standard InChI is InChI=1S/C16H13N3O2/c20-15-13-12(7-4-8-17-13)10-18-14(15)16(21)19-9-11-5-2-1-3-6-11/h1-8,10,20H,9H2,(H,19,21). The molecule has 0 saturated heterocycles. The number of nitrogens with zero attached hydrogens (tertiary/aromatic N) is 2. The van der Waals surface area contributed by atoms with E-state index in [4.69, 9.17) is 0 Å². The van der Waals surface area contributed by atoms with Gasteiger partial charge in [0.2, 0.25) is 0 Å². The second-order valence-corrected chi connectivity index (χ2v) is 4.56. The van der Waals surface area contributed by atoms with Crippen molar-refractivity contribution >= 4 is 16.8 Å². The topological polar surface area (TPSA) is 75.1 Å². The van der Waals surface area contributed by atoms with Crippen molar-refractivity contribution in [1.29, 1.82) is 0 Å². The first-order chi connectivity index (χ1) is 10.3. The summed E-state index contributed by atoms with van der Waals surface area (Å²) in [4.78, 5) is 20.2. The highest BCUT2D eigenvalue weighted by molar-refractivity contribution is 6.00. The quantitative estimate of drug-likeness (QED) is 0.771. The Kier molecular flexibility index (Phi) is 3.47. The number of aromatic hydroxyl groups is 1. The molecule has 0 aliphatic heterocycles. The molecule has 0 spiro atoms. The fourth-order valence-electron chi connectivity index (χ4n) is 2.06. The largest absolute Gasteiger partial charge is 0.504 e. The predicted molar refractivity (Wildman–Crippen MR) is 78.8 cm³/mol. The molecule has 5 heteroatoms. The van der Waals surface area contributed by atoms with Crippen LogP contribution in [0, 0.1) is 0 Å². The molecule has 104 valence electrons. The molecular formula is C16H13N3O2. The molecule has 0 bridgehead atoms. The van der Waals surface area contributed by atoms with Crippen LogP contribution in [0.2, 0.25) is 0 Å². The van der Waals surface area contributed by atoms with Crippen LogP contribution in [-0.4, -0.2) is 21.0 Å². The lowest BCUT2D eigenvalue weighted by atomic mass is 10.2. The third kappa shape index (κ3) is 2.67. The first kappa shape index (κ1) is 13.1. The van der Waals surface area contributed by atoms with Crippen LogP contribution in [0.5, 0.6) is 5.75 Å². The van der Waals surface area contributed by atoms with Crippen molar-refractivity contribution in [3.63, 3.8) is 0 Å². The Morgan fingerprint density at radius 1 is 1.10 bits per heavy atom. The molecule has 3 aromatic rings. The van der Waals surface area contributed by atoms with Gasteiger partial charge in [-0.15, -0.1) is 0 Å². The molecule has 2 aromatic heterocycles. The number of aromatic nitrogens is 2. The number of pyridine rings is 2. The van der Waals surface area contributed by atoms with Gasteiger partial charge in [-0.2, -0.15) is 0 Å². The van der Waals surface area contributed by atoms with Crippen LogP contribution in [0.25, 0.3) is 10.9 Å². The van der Waals surface area contributed by atoms with Gasteiger partial charge >= 0.3 is 0 Å². The third-order valence-electron chi connectivity index (χ3n) is 3.13. The van der Waals surface area contributed by atoms with E-state index >= 15 is 0 Å². The lowest BCUT2D eigenvalue weighted by molar-refractivity contribution is 0.0943. The summed E-state index contributed by atoms with van der Waals surface area (Å²) in [7, 11) is 0. The fourth-order valence-corrected chi connectivity index (χ4v) is 2.06. The van der Waals surface area contributed by atoms with Gasteiger partial charge in [-0.3, -0.25) is 9.78 Å². The van der Waals surface area contributed by atoms with Crippen LogP contribution in [-0.2, 0) is 6.54 Å². The zero-order valence-electron chi connectivity index (χ0n) is 11.2. The van der Waals surface area contributed by atoms with Crippen molar-refractivity contribution in [2.24, 2.45) is 0 Å². The molecule has 1 amide bonds. The molecule has 0 atom stereocenters. The maximum absolute atomic E-state index is 12.1. The number of amides is 1.